The standard InChI is InChI=1S/C10H12O4/c1-13-9(11)7-14-10(12)8-5-3-2-4-6-8/h2-6,9,11H,7H2,1H3. The van der Waals surface area contributed by atoms with Crippen molar-refractivity contribution in [3.05, 3.63) is 35.9 Å². The Kier molecular flexibility index (Phi) is 4.10. The van der Waals surface area contributed by atoms with Crippen LogP contribution in [-0.4, -0.2) is 31.1 Å². The van der Waals surface area contributed by atoms with Crippen molar-refractivity contribution in [2.24, 2.45) is 0 Å². The first-order valence-corrected chi connectivity index (χ1v) is 4.17. The van der Waals surface area contributed by atoms with E-state index in [1.54, 1.807) is 30.3 Å². The number of aliphatic hydroxyl groups excluding tert-OH is 1. The molecule has 0 saturated carbocycles. The second kappa shape index (κ2) is 5.36. The summed E-state index contributed by atoms with van der Waals surface area (Å²) in [5.74, 6) is -0.471. The highest BCUT2D eigenvalue weighted by Crippen LogP contribution is 2.01. The van der Waals surface area contributed by atoms with Gasteiger partial charge in [0.1, 0.15) is 6.61 Å². The number of carbonyl (C=O) groups is 1. The van der Waals surface area contributed by atoms with E-state index in [-0.39, 0.29) is 6.61 Å². The van der Waals surface area contributed by atoms with Crippen molar-refractivity contribution in [3.8, 4) is 0 Å². The largest absolute Gasteiger partial charge is 0.457 e. The van der Waals surface area contributed by atoms with E-state index in [2.05, 4.69) is 4.74 Å². The molecule has 0 radical (unpaired) electrons. The summed E-state index contributed by atoms with van der Waals surface area (Å²) in [4.78, 5) is 11.3. The third kappa shape index (κ3) is 3.16. The van der Waals surface area contributed by atoms with Gasteiger partial charge < -0.3 is 14.6 Å². The zero-order valence-electron chi connectivity index (χ0n) is 7.84. The normalized spacial score (nSPS) is 12.1. The topological polar surface area (TPSA) is 55.8 Å². The van der Waals surface area contributed by atoms with E-state index in [9.17, 15) is 4.79 Å². The van der Waals surface area contributed by atoms with Gasteiger partial charge in [0.2, 0.25) is 0 Å². The molecule has 1 aromatic carbocycles. The van der Waals surface area contributed by atoms with E-state index in [1.807, 2.05) is 0 Å². The average molecular weight is 196 g/mol. The van der Waals surface area contributed by atoms with Crippen molar-refractivity contribution >= 4 is 5.97 Å². The molecule has 1 atom stereocenters. The Morgan fingerprint density at radius 1 is 1.43 bits per heavy atom. The first-order valence-electron chi connectivity index (χ1n) is 4.17. The van der Waals surface area contributed by atoms with E-state index in [4.69, 9.17) is 9.84 Å². The fourth-order valence-corrected chi connectivity index (χ4v) is 0.873. The second-order valence-electron chi connectivity index (χ2n) is 2.65. The van der Waals surface area contributed by atoms with Crippen LogP contribution in [0.5, 0.6) is 0 Å². The summed E-state index contributed by atoms with van der Waals surface area (Å²) < 4.78 is 9.28. The van der Waals surface area contributed by atoms with Gasteiger partial charge in [0.25, 0.3) is 0 Å². The highest BCUT2D eigenvalue weighted by Gasteiger charge is 2.08. The molecule has 0 aliphatic carbocycles. The van der Waals surface area contributed by atoms with Crippen molar-refractivity contribution in [1.29, 1.82) is 0 Å². The van der Waals surface area contributed by atoms with Gasteiger partial charge in [0, 0.05) is 7.11 Å². The van der Waals surface area contributed by atoms with E-state index in [0.717, 1.165) is 0 Å². The van der Waals surface area contributed by atoms with Crippen LogP contribution >= 0.6 is 0 Å². The fraction of sp³-hybridized carbons (Fsp3) is 0.300. The number of hydrogen-bond acceptors (Lipinski definition) is 4. The summed E-state index contributed by atoms with van der Waals surface area (Å²) in [6.45, 7) is -0.162. The van der Waals surface area contributed by atoms with Crippen molar-refractivity contribution in [1.82, 2.24) is 0 Å². The molecular formula is C10H12O4. The minimum absolute atomic E-state index is 0.162. The lowest BCUT2D eigenvalue weighted by Crippen LogP contribution is -2.20. The first kappa shape index (κ1) is 10.7. The molecule has 4 nitrogen and oxygen atoms in total. The lowest BCUT2D eigenvalue weighted by atomic mass is 10.2. The van der Waals surface area contributed by atoms with Crippen LogP contribution in [0.2, 0.25) is 0 Å². The Morgan fingerprint density at radius 3 is 2.64 bits per heavy atom. The van der Waals surface area contributed by atoms with Crippen LogP contribution in [0.3, 0.4) is 0 Å². The quantitative estimate of drug-likeness (QED) is 0.572. The van der Waals surface area contributed by atoms with Gasteiger partial charge in [-0.15, -0.1) is 0 Å². The third-order valence-electron chi connectivity index (χ3n) is 1.64. The molecule has 0 amide bonds. The van der Waals surface area contributed by atoms with E-state index < -0.39 is 12.3 Å². The minimum Gasteiger partial charge on any atom is -0.457 e. The van der Waals surface area contributed by atoms with Crippen LogP contribution in [0, 0.1) is 0 Å². The molecule has 1 aromatic rings. The van der Waals surface area contributed by atoms with Crippen LogP contribution in [-0.2, 0) is 9.47 Å². The summed E-state index contributed by atoms with van der Waals surface area (Å²) in [7, 11) is 1.33. The van der Waals surface area contributed by atoms with Crippen LogP contribution < -0.4 is 0 Å². The van der Waals surface area contributed by atoms with E-state index >= 15 is 0 Å². The summed E-state index contributed by atoms with van der Waals surface area (Å²) in [6.07, 6.45) is -1.07. The number of ether oxygens (including phenoxy) is 2. The van der Waals surface area contributed by atoms with Crippen molar-refractivity contribution in [2.75, 3.05) is 13.7 Å². The number of hydrogen-bond donors (Lipinski definition) is 1. The summed E-state index contributed by atoms with van der Waals surface area (Å²) in [5, 5.41) is 8.95. The summed E-state index contributed by atoms with van der Waals surface area (Å²) >= 11 is 0. The zero-order chi connectivity index (χ0) is 10.4. The lowest BCUT2D eigenvalue weighted by molar-refractivity contribution is -0.106. The van der Waals surface area contributed by atoms with E-state index in [1.165, 1.54) is 7.11 Å². The molecule has 4 heteroatoms. The van der Waals surface area contributed by atoms with Gasteiger partial charge in [-0.3, -0.25) is 0 Å². The Morgan fingerprint density at radius 2 is 2.07 bits per heavy atom. The predicted molar refractivity (Wildman–Crippen MR) is 49.7 cm³/mol. The third-order valence-corrected chi connectivity index (χ3v) is 1.64. The Hall–Kier alpha value is -1.39. The maximum absolute atomic E-state index is 11.3. The maximum atomic E-state index is 11.3. The van der Waals surface area contributed by atoms with Gasteiger partial charge in [0.05, 0.1) is 5.56 Å². The smallest absolute Gasteiger partial charge is 0.338 e. The molecule has 0 aromatic heterocycles. The predicted octanol–water partition coefficient (Wildman–Crippen LogP) is 0.808. The van der Waals surface area contributed by atoms with Gasteiger partial charge in [-0.1, -0.05) is 18.2 Å². The van der Waals surface area contributed by atoms with Gasteiger partial charge in [-0.2, -0.15) is 0 Å². The number of methoxy groups -OCH3 is 1. The molecule has 14 heavy (non-hydrogen) atoms. The van der Waals surface area contributed by atoms with Crippen LogP contribution in [0.15, 0.2) is 30.3 Å². The molecule has 1 rings (SSSR count). The Bertz CT molecular complexity index is 283. The van der Waals surface area contributed by atoms with Crippen molar-refractivity contribution in [3.63, 3.8) is 0 Å². The molecular weight excluding hydrogens is 184 g/mol. The molecule has 76 valence electrons. The number of rotatable bonds is 4. The van der Waals surface area contributed by atoms with Crippen molar-refractivity contribution in [2.45, 2.75) is 6.29 Å². The summed E-state index contributed by atoms with van der Waals surface area (Å²) in [5.41, 5.74) is 0.454. The summed E-state index contributed by atoms with van der Waals surface area (Å²) in [6, 6.07) is 8.57. The minimum atomic E-state index is -1.07. The number of benzene rings is 1. The zero-order valence-corrected chi connectivity index (χ0v) is 7.84. The van der Waals surface area contributed by atoms with Gasteiger partial charge in [0.15, 0.2) is 6.29 Å². The second-order valence-corrected chi connectivity index (χ2v) is 2.65. The highest BCUT2D eigenvalue weighted by molar-refractivity contribution is 5.89. The molecule has 0 saturated heterocycles. The van der Waals surface area contributed by atoms with Crippen molar-refractivity contribution < 1.29 is 19.4 Å². The molecule has 0 bridgehead atoms. The fourth-order valence-electron chi connectivity index (χ4n) is 0.873. The number of esters is 1. The molecule has 0 aliphatic rings. The van der Waals surface area contributed by atoms with Crippen LogP contribution in [0.1, 0.15) is 10.4 Å². The molecule has 0 fully saturated rings. The molecule has 0 spiro atoms. The lowest BCUT2D eigenvalue weighted by Gasteiger charge is -2.08. The van der Waals surface area contributed by atoms with Gasteiger partial charge in [-0.05, 0) is 12.1 Å². The van der Waals surface area contributed by atoms with E-state index in [0.29, 0.717) is 5.56 Å². The Balaban J connectivity index is 2.44. The van der Waals surface area contributed by atoms with Crippen LogP contribution in [0.25, 0.3) is 0 Å². The molecule has 0 heterocycles. The molecule has 0 aliphatic heterocycles. The molecule has 1 unspecified atom stereocenters. The molecule has 1 N–H and O–H groups in total. The number of carbonyl (C=O) groups excluding carboxylic acids is 1. The van der Waals surface area contributed by atoms with Gasteiger partial charge >= 0.3 is 5.97 Å². The highest BCUT2D eigenvalue weighted by atomic mass is 16.6. The van der Waals surface area contributed by atoms with Gasteiger partial charge in [-0.25, -0.2) is 4.79 Å². The monoisotopic (exact) mass is 196 g/mol. The number of aliphatic hydroxyl groups is 1. The SMILES string of the molecule is COC(O)COC(=O)c1ccccc1. The average Bonchev–Trinajstić information content (AvgIpc) is 2.26. The Labute approximate surface area is 82.1 Å². The first-order chi connectivity index (χ1) is 6.74. The van der Waals surface area contributed by atoms with Crippen LogP contribution in [0.4, 0.5) is 0 Å². The maximum Gasteiger partial charge on any atom is 0.338 e.